The quantitative estimate of drug-likeness (QED) is 0.835. The molecule has 0 saturated carbocycles. The Labute approximate surface area is 129 Å². The van der Waals surface area contributed by atoms with Gasteiger partial charge in [-0.2, -0.15) is 0 Å². The van der Waals surface area contributed by atoms with E-state index in [0.29, 0.717) is 0 Å². The summed E-state index contributed by atoms with van der Waals surface area (Å²) in [6.07, 6.45) is 2.92. The standard InChI is InChI=1S/C16H20BrN3/c1-3-8-20(11-13-6-4-5-7-15(13)18)16-12(2)9-14(17)10-19-16/h4-7,9-10H,3,8,11,18H2,1-2H3. The third kappa shape index (κ3) is 3.51. The summed E-state index contributed by atoms with van der Waals surface area (Å²) in [6.45, 7) is 6.01. The van der Waals surface area contributed by atoms with Crippen LogP contribution in [0, 0.1) is 6.92 Å². The monoisotopic (exact) mass is 333 g/mol. The maximum Gasteiger partial charge on any atom is 0.131 e. The molecule has 0 aliphatic heterocycles. The number of nitrogens with zero attached hydrogens (tertiary/aromatic N) is 2. The Morgan fingerprint density at radius 2 is 2.05 bits per heavy atom. The van der Waals surface area contributed by atoms with Gasteiger partial charge in [0.15, 0.2) is 0 Å². The minimum absolute atomic E-state index is 0.788. The van der Waals surface area contributed by atoms with Crippen LogP contribution in [0.25, 0.3) is 0 Å². The fraction of sp³-hybridized carbons (Fsp3) is 0.312. The predicted octanol–water partition coefficient (Wildman–Crippen LogP) is 4.15. The Bertz CT molecular complexity index is 584. The first kappa shape index (κ1) is 14.9. The average Bonchev–Trinajstić information content (AvgIpc) is 2.41. The highest BCUT2D eigenvalue weighted by Gasteiger charge is 2.12. The molecular formula is C16H20BrN3. The summed E-state index contributed by atoms with van der Waals surface area (Å²) in [7, 11) is 0. The molecule has 2 aromatic rings. The van der Waals surface area contributed by atoms with Gasteiger partial charge >= 0.3 is 0 Å². The zero-order valence-corrected chi connectivity index (χ0v) is 13.5. The fourth-order valence-corrected chi connectivity index (χ4v) is 2.72. The van der Waals surface area contributed by atoms with E-state index in [2.05, 4.69) is 51.8 Å². The molecule has 1 aromatic carbocycles. The molecular weight excluding hydrogens is 314 g/mol. The highest BCUT2D eigenvalue weighted by molar-refractivity contribution is 9.10. The van der Waals surface area contributed by atoms with E-state index >= 15 is 0 Å². The molecule has 0 aliphatic carbocycles. The fourth-order valence-electron chi connectivity index (χ4n) is 2.28. The molecule has 0 radical (unpaired) electrons. The van der Waals surface area contributed by atoms with Crippen LogP contribution in [-0.4, -0.2) is 11.5 Å². The van der Waals surface area contributed by atoms with Gasteiger partial charge in [0, 0.05) is 29.4 Å². The van der Waals surface area contributed by atoms with Crippen molar-refractivity contribution in [2.45, 2.75) is 26.8 Å². The molecule has 2 rings (SSSR count). The first-order chi connectivity index (χ1) is 9.61. The van der Waals surface area contributed by atoms with Gasteiger partial charge in [-0.1, -0.05) is 25.1 Å². The second kappa shape index (κ2) is 6.75. The molecule has 3 nitrogen and oxygen atoms in total. The first-order valence-corrected chi connectivity index (χ1v) is 7.61. The van der Waals surface area contributed by atoms with Gasteiger partial charge < -0.3 is 10.6 Å². The van der Waals surface area contributed by atoms with E-state index in [4.69, 9.17) is 5.73 Å². The van der Waals surface area contributed by atoms with Gasteiger partial charge in [0.2, 0.25) is 0 Å². The smallest absolute Gasteiger partial charge is 0.131 e. The third-order valence-corrected chi connectivity index (χ3v) is 3.66. The number of hydrogen-bond donors (Lipinski definition) is 1. The van der Waals surface area contributed by atoms with Crippen molar-refractivity contribution < 1.29 is 0 Å². The van der Waals surface area contributed by atoms with Gasteiger partial charge in [0.05, 0.1) is 0 Å². The molecule has 0 bridgehead atoms. The van der Waals surface area contributed by atoms with Crippen molar-refractivity contribution in [1.29, 1.82) is 0 Å². The van der Waals surface area contributed by atoms with Crippen LogP contribution in [0.1, 0.15) is 24.5 Å². The number of aryl methyl sites for hydroxylation is 1. The SMILES string of the molecule is CCCN(Cc1ccccc1N)c1ncc(Br)cc1C. The largest absolute Gasteiger partial charge is 0.398 e. The number of nitrogen functional groups attached to an aromatic ring is 1. The summed E-state index contributed by atoms with van der Waals surface area (Å²) in [5.41, 5.74) is 9.20. The maximum absolute atomic E-state index is 6.05. The van der Waals surface area contributed by atoms with Crippen molar-refractivity contribution in [2.75, 3.05) is 17.2 Å². The minimum Gasteiger partial charge on any atom is -0.398 e. The second-order valence-corrected chi connectivity index (χ2v) is 5.83. The Hall–Kier alpha value is -1.55. The molecule has 20 heavy (non-hydrogen) atoms. The van der Waals surface area contributed by atoms with Gasteiger partial charge in [0.25, 0.3) is 0 Å². The van der Waals surface area contributed by atoms with Crippen LogP contribution < -0.4 is 10.6 Å². The second-order valence-electron chi connectivity index (χ2n) is 4.91. The summed E-state index contributed by atoms with van der Waals surface area (Å²) in [5.74, 6) is 1.03. The number of aromatic nitrogens is 1. The van der Waals surface area contributed by atoms with Crippen LogP contribution in [-0.2, 0) is 6.54 Å². The van der Waals surface area contributed by atoms with Crippen molar-refractivity contribution in [3.63, 3.8) is 0 Å². The molecule has 1 heterocycles. The molecule has 0 atom stereocenters. The van der Waals surface area contributed by atoms with Gasteiger partial charge in [-0.15, -0.1) is 0 Å². The predicted molar refractivity (Wildman–Crippen MR) is 88.9 cm³/mol. The molecule has 106 valence electrons. The topological polar surface area (TPSA) is 42.1 Å². The molecule has 1 aromatic heterocycles. The molecule has 0 aliphatic rings. The molecule has 4 heteroatoms. The maximum atomic E-state index is 6.05. The Kier molecular flexibility index (Phi) is 5.01. The van der Waals surface area contributed by atoms with E-state index in [0.717, 1.165) is 41.1 Å². The summed E-state index contributed by atoms with van der Waals surface area (Å²) in [5, 5.41) is 0. The van der Waals surface area contributed by atoms with Crippen molar-refractivity contribution in [3.05, 3.63) is 52.1 Å². The Morgan fingerprint density at radius 1 is 1.30 bits per heavy atom. The van der Waals surface area contributed by atoms with E-state index in [1.165, 1.54) is 5.56 Å². The number of rotatable bonds is 5. The highest BCUT2D eigenvalue weighted by atomic mass is 79.9. The van der Waals surface area contributed by atoms with E-state index in [1.807, 2.05) is 24.4 Å². The lowest BCUT2D eigenvalue weighted by Crippen LogP contribution is -2.25. The van der Waals surface area contributed by atoms with Crippen molar-refractivity contribution in [2.24, 2.45) is 0 Å². The molecule has 2 N–H and O–H groups in total. The first-order valence-electron chi connectivity index (χ1n) is 6.82. The van der Waals surface area contributed by atoms with Gasteiger partial charge in [0.1, 0.15) is 5.82 Å². The van der Waals surface area contributed by atoms with E-state index < -0.39 is 0 Å². The number of halogens is 1. The van der Waals surface area contributed by atoms with Crippen LogP contribution in [0.3, 0.4) is 0 Å². The average molecular weight is 334 g/mol. The number of pyridine rings is 1. The molecule has 0 amide bonds. The molecule has 0 fully saturated rings. The molecule has 0 unspecified atom stereocenters. The van der Waals surface area contributed by atoms with Gasteiger partial charge in [-0.3, -0.25) is 0 Å². The van der Waals surface area contributed by atoms with Crippen molar-refractivity contribution >= 4 is 27.4 Å². The number of hydrogen-bond acceptors (Lipinski definition) is 3. The van der Waals surface area contributed by atoms with Gasteiger partial charge in [-0.05, 0) is 52.5 Å². The minimum atomic E-state index is 0.788. The number of nitrogens with two attached hydrogens (primary N) is 1. The van der Waals surface area contributed by atoms with Crippen molar-refractivity contribution in [1.82, 2.24) is 4.98 Å². The Balaban J connectivity index is 2.29. The van der Waals surface area contributed by atoms with Crippen LogP contribution in [0.4, 0.5) is 11.5 Å². The third-order valence-electron chi connectivity index (χ3n) is 3.23. The van der Waals surface area contributed by atoms with Crippen LogP contribution in [0.15, 0.2) is 41.0 Å². The summed E-state index contributed by atoms with van der Waals surface area (Å²) in [6, 6.07) is 10.1. The number of para-hydroxylation sites is 1. The zero-order chi connectivity index (χ0) is 14.5. The Morgan fingerprint density at radius 3 is 2.70 bits per heavy atom. The van der Waals surface area contributed by atoms with E-state index in [1.54, 1.807) is 0 Å². The summed E-state index contributed by atoms with van der Waals surface area (Å²) in [4.78, 5) is 6.85. The number of anilines is 2. The zero-order valence-electron chi connectivity index (χ0n) is 11.9. The van der Waals surface area contributed by atoms with E-state index in [9.17, 15) is 0 Å². The molecule has 0 spiro atoms. The number of benzene rings is 1. The lowest BCUT2D eigenvalue weighted by Gasteiger charge is -2.25. The highest BCUT2D eigenvalue weighted by Crippen LogP contribution is 2.24. The summed E-state index contributed by atoms with van der Waals surface area (Å²) >= 11 is 3.46. The van der Waals surface area contributed by atoms with Crippen molar-refractivity contribution in [3.8, 4) is 0 Å². The molecule has 0 saturated heterocycles. The van der Waals surface area contributed by atoms with Gasteiger partial charge in [-0.25, -0.2) is 4.98 Å². The normalized spacial score (nSPS) is 10.6. The lowest BCUT2D eigenvalue weighted by molar-refractivity contribution is 0.752. The van der Waals surface area contributed by atoms with E-state index in [-0.39, 0.29) is 0 Å². The van der Waals surface area contributed by atoms with Crippen LogP contribution in [0.2, 0.25) is 0 Å². The van der Waals surface area contributed by atoms with Crippen LogP contribution >= 0.6 is 15.9 Å². The van der Waals surface area contributed by atoms with Crippen LogP contribution in [0.5, 0.6) is 0 Å². The summed E-state index contributed by atoms with van der Waals surface area (Å²) < 4.78 is 1.01. The lowest BCUT2D eigenvalue weighted by atomic mass is 10.1.